The van der Waals surface area contributed by atoms with Crippen LogP contribution in [0.5, 0.6) is 23.0 Å². The minimum atomic E-state index is -3.56. The van der Waals surface area contributed by atoms with Crippen LogP contribution in [-0.2, 0) is 9.13 Å². The highest BCUT2D eigenvalue weighted by molar-refractivity contribution is 7.75. The third-order valence-electron chi connectivity index (χ3n) is 6.76. The molecule has 0 radical (unpaired) electrons. The first kappa shape index (κ1) is 28.3. The summed E-state index contributed by atoms with van der Waals surface area (Å²) < 4.78 is 48.4. The largest absolute Gasteiger partial charge is 0.450 e. The zero-order valence-electron chi connectivity index (χ0n) is 23.1. The van der Waals surface area contributed by atoms with Gasteiger partial charge in [0, 0.05) is 0 Å². The van der Waals surface area contributed by atoms with Crippen LogP contribution in [0.3, 0.4) is 0 Å². The Bertz CT molecular complexity index is 1670. The second kappa shape index (κ2) is 12.6. The van der Waals surface area contributed by atoms with Crippen LogP contribution < -0.4 is 35.0 Å². The topological polar surface area (TPSA) is 61.8 Å². The van der Waals surface area contributed by atoms with Gasteiger partial charge in [-0.15, -0.1) is 0 Å². The number of rotatable bonds is 10. The Kier molecular flexibility index (Phi) is 8.29. The van der Waals surface area contributed by atoms with Gasteiger partial charge in [0.15, 0.2) is 23.0 Å². The van der Waals surface area contributed by atoms with Crippen molar-refractivity contribution in [2.24, 2.45) is 0 Å². The zero-order valence-corrected chi connectivity index (χ0v) is 24.9. The van der Waals surface area contributed by atoms with E-state index in [1.165, 1.54) is 0 Å². The van der Waals surface area contributed by atoms with Crippen molar-refractivity contribution in [2.45, 2.75) is 0 Å². The standard InChI is InChI=1S/C36H28O5P2/c37-42(29-17-5-1-6-18-29,30-19-7-2-8-20-30)40-35-27-15-13-25-33(35)39-34-26-14-16-28-36(34)41-43(38,31-21-9-3-10-22-31)32-23-11-4-12-24-32/h1-28H. The van der Waals surface area contributed by atoms with Crippen molar-refractivity contribution in [1.82, 2.24) is 0 Å². The van der Waals surface area contributed by atoms with Crippen LogP contribution in [0.15, 0.2) is 170 Å². The van der Waals surface area contributed by atoms with Crippen molar-refractivity contribution in [3.05, 3.63) is 170 Å². The number of benzene rings is 6. The van der Waals surface area contributed by atoms with Gasteiger partial charge in [0.25, 0.3) is 0 Å². The highest BCUT2D eigenvalue weighted by Gasteiger charge is 2.33. The predicted molar refractivity (Wildman–Crippen MR) is 174 cm³/mol. The molecule has 0 unspecified atom stereocenters. The molecule has 0 aliphatic rings. The first-order valence-electron chi connectivity index (χ1n) is 13.7. The molecule has 0 aliphatic heterocycles. The van der Waals surface area contributed by atoms with Crippen LogP contribution in [0.4, 0.5) is 0 Å². The summed E-state index contributed by atoms with van der Waals surface area (Å²) in [5.74, 6) is 1.25. The average molecular weight is 603 g/mol. The minimum absolute atomic E-state index is 0.294. The molecule has 0 spiro atoms. The minimum Gasteiger partial charge on any atom is -0.450 e. The Morgan fingerprint density at radius 1 is 0.302 bits per heavy atom. The van der Waals surface area contributed by atoms with Crippen LogP contribution in [0.1, 0.15) is 0 Å². The van der Waals surface area contributed by atoms with Crippen LogP contribution in [0, 0.1) is 0 Å². The molecule has 7 heteroatoms. The molecule has 0 bridgehead atoms. The quantitative estimate of drug-likeness (QED) is 0.148. The maximum absolute atomic E-state index is 14.6. The molecule has 6 rings (SSSR count). The normalized spacial score (nSPS) is 11.4. The fourth-order valence-electron chi connectivity index (χ4n) is 4.62. The van der Waals surface area contributed by atoms with Crippen LogP contribution in [0.2, 0.25) is 0 Å². The van der Waals surface area contributed by atoms with Gasteiger partial charge in [-0.3, -0.25) is 9.13 Å². The Morgan fingerprint density at radius 2 is 0.535 bits per heavy atom. The van der Waals surface area contributed by atoms with Gasteiger partial charge in [-0.1, -0.05) is 97.1 Å². The molecule has 0 saturated heterocycles. The van der Waals surface area contributed by atoms with E-state index >= 15 is 0 Å². The molecular formula is C36H28O5P2. The van der Waals surface area contributed by atoms with E-state index < -0.39 is 14.7 Å². The SMILES string of the molecule is O=P(Oc1ccccc1Oc1ccccc1OP(=O)(c1ccccc1)c1ccccc1)(c1ccccc1)c1ccccc1. The van der Waals surface area contributed by atoms with E-state index in [1.54, 1.807) is 97.1 Å². The Morgan fingerprint density at radius 3 is 0.814 bits per heavy atom. The summed E-state index contributed by atoms with van der Waals surface area (Å²) in [7, 11) is -7.12. The van der Waals surface area contributed by atoms with Gasteiger partial charge < -0.3 is 13.8 Å². The molecule has 212 valence electrons. The second-order valence-corrected chi connectivity index (χ2v) is 14.3. The van der Waals surface area contributed by atoms with Gasteiger partial charge in [0.2, 0.25) is 0 Å². The first-order chi connectivity index (χ1) is 21.1. The first-order valence-corrected chi connectivity index (χ1v) is 17.0. The van der Waals surface area contributed by atoms with E-state index in [-0.39, 0.29) is 0 Å². The van der Waals surface area contributed by atoms with Crippen molar-refractivity contribution < 1.29 is 22.9 Å². The molecule has 0 heterocycles. The lowest BCUT2D eigenvalue weighted by molar-refractivity contribution is 0.422. The Labute approximate surface area is 251 Å². The summed E-state index contributed by atoms with van der Waals surface area (Å²) in [5.41, 5.74) is 0. The van der Waals surface area contributed by atoms with Gasteiger partial charge in [-0.2, -0.15) is 0 Å². The van der Waals surface area contributed by atoms with Crippen molar-refractivity contribution >= 4 is 36.0 Å². The molecule has 0 amide bonds. The van der Waals surface area contributed by atoms with E-state index in [9.17, 15) is 9.13 Å². The molecule has 0 atom stereocenters. The monoisotopic (exact) mass is 602 g/mol. The van der Waals surface area contributed by atoms with E-state index in [0.717, 1.165) is 0 Å². The summed E-state index contributed by atoms with van der Waals surface area (Å²) in [6.45, 7) is 0. The van der Waals surface area contributed by atoms with Gasteiger partial charge in [0.1, 0.15) is 0 Å². The van der Waals surface area contributed by atoms with Gasteiger partial charge in [-0.25, -0.2) is 0 Å². The third kappa shape index (κ3) is 6.05. The molecule has 0 saturated carbocycles. The molecule has 0 aromatic heterocycles. The van der Waals surface area contributed by atoms with Crippen LogP contribution in [-0.4, -0.2) is 0 Å². The summed E-state index contributed by atoms with van der Waals surface area (Å²) in [5, 5.41) is 2.25. The lowest BCUT2D eigenvalue weighted by Gasteiger charge is -2.23. The van der Waals surface area contributed by atoms with Gasteiger partial charge >= 0.3 is 14.7 Å². The fourth-order valence-corrected chi connectivity index (χ4v) is 8.75. The summed E-state index contributed by atoms with van der Waals surface area (Å²) in [4.78, 5) is 0. The van der Waals surface area contributed by atoms with Crippen molar-refractivity contribution in [1.29, 1.82) is 0 Å². The van der Waals surface area contributed by atoms with Crippen LogP contribution >= 0.6 is 14.7 Å². The molecule has 6 aromatic carbocycles. The lowest BCUT2D eigenvalue weighted by Crippen LogP contribution is -2.20. The number of hydrogen-bond acceptors (Lipinski definition) is 5. The molecule has 0 N–H and O–H groups in total. The molecule has 0 fully saturated rings. The second-order valence-electron chi connectivity index (χ2n) is 9.62. The maximum atomic E-state index is 14.6. The van der Waals surface area contributed by atoms with E-state index in [0.29, 0.717) is 44.2 Å². The summed E-state index contributed by atoms with van der Waals surface area (Å²) in [6, 6.07) is 50.7. The third-order valence-corrected chi connectivity index (χ3v) is 11.6. The highest BCUT2D eigenvalue weighted by atomic mass is 31.2. The van der Waals surface area contributed by atoms with Crippen molar-refractivity contribution in [3.8, 4) is 23.0 Å². The van der Waals surface area contributed by atoms with Crippen molar-refractivity contribution in [3.63, 3.8) is 0 Å². The summed E-state index contributed by atoms with van der Waals surface area (Å²) in [6.07, 6.45) is 0. The van der Waals surface area contributed by atoms with Gasteiger partial charge in [0.05, 0.1) is 21.2 Å². The fraction of sp³-hybridized carbons (Fsp3) is 0. The molecular weight excluding hydrogens is 574 g/mol. The maximum Gasteiger partial charge on any atom is 0.306 e. The van der Waals surface area contributed by atoms with E-state index in [4.69, 9.17) is 13.8 Å². The molecule has 43 heavy (non-hydrogen) atoms. The van der Waals surface area contributed by atoms with E-state index in [1.807, 2.05) is 72.8 Å². The highest BCUT2D eigenvalue weighted by Crippen LogP contribution is 2.51. The lowest BCUT2D eigenvalue weighted by atomic mass is 10.3. The van der Waals surface area contributed by atoms with Crippen molar-refractivity contribution in [2.75, 3.05) is 0 Å². The van der Waals surface area contributed by atoms with Gasteiger partial charge in [-0.05, 0) is 72.8 Å². The summed E-state index contributed by atoms with van der Waals surface area (Å²) >= 11 is 0. The number of ether oxygens (including phenoxy) is 1. The number of hydrogen-bond donors (Lipinski definition) is 0. The predicted octanol–water partition coefficient (Wildman–Crippen LogP) is 8.09. The van der Waals surface area contributed by atoms with E-state index in [2.05, 4.69) is 0 Å². The Balaban J connectivity index is 1.38. The molecule has 0 aliphatic carbocycles. The number of para-hydroxylation sites is 4. The Hall–Kier alpha value is -4.82. The molecule has 6 aromatic rings. The molecule has 5 nitrogen and oxygen atoms in total. The average Bonchev–Trinajstić information content (AvgIpc) is 3.08. The van der Waals surface area contributed by atoms with Crippen LogP contribution in [0.25, 0.3) is 0 Å². The smallest absolute Gasteiger partial charge is 0.306 e. The zero-order chi connectivity index (χ0) is 29.5.